The molecule has 1 atom stereocenters. The van der Waals surface area contributed by atoms with Crippen LogP contribution in [0.1, 0.15) is 220 Å². The van der Waals surface area contributed by atoms with Crippen LogP contribution in [0.2, 0.25) is 0 Å². The van der Waals surface area contributed by atoms with Gasteiger partial charge in [0.05, 0.1) is 0 Å². The standard InChI is InChI=1S/C41H79NO6/c1-4-7-9-11-13-15-17-19-21-23-25-27-29-31-33-39(43)46-36-38(37-47-41(45)42-35-6-3)48-40(44)34-32-30-28-26-24-22-20-18-16-14-12-10-8-5-2/h38H,4-37H2,1-3H3,(H,42,45). The van der Waals surface area contributed by atoms with Crippen LogP contribution in [0.25, 0.3) is 0 Å². The zero-order valence-corrected chi connectivity index (χ0v) is 32.1. The molecule has 7 heteroatoms. The Morgan fingerprint density at radius 2 is 0.750 bits per heavy atom. The lowest BCUT2D eigenvalue weighted by Gasteiger charge is -2.18. The van der Waals surface area contributed by atoms with E-state index in [2.05, 4.69) is 19.2 Å². The lowest BCUT2D eigenvalue weighted by atomic mass is 10.0. The summed E-state index contributed by atoms with van der Waals surface area (Å²) in [7, 11) is 0. The van der Waals surface area contributed by atoms with E-state index in [1.807, 2.05) is 6.92 Å². The maximum Gasteiger partial charge on any atom is 0.407 e. The number of hydrogen-bond acceptors (Lipinski definition) is 6. The van der Waals surface area contributed by atoms with E-state index in [1.165, 1.54) is 141 Å². The first kappa shape index (κ1) is 46.2. The molecule has 1 unspecified atom stereocenters. The highest BCUT2D eigenvalue weighted by molar-refractivity contribution is 5.70. The maximum absolute atomic E-state index is 12.5. The molecule has 0 heterocycles. The average Bonchev–Trinajstić information content (AvgIpc) is 3.08. The van der Waals surface area contributed by atoms with Gasteiger partial charge in [0.15, 0.2) is 6.10 Å². The number of alkyl carbamates (subject to hydrolysis) is 1. The van der Waals surface area contributed by atoms with Crippen LogP contribution in [0.5, 0.6) is 0 Å². The summed E-state index contributed by atoms with van der Waals surface area (Å²) in [5.41, 5.74) is 0. The van der Waals surface area contributed by atoms with Crippen molar-refractivity contribution in [1.29, 1.82) is 0 Å². The topological polar surface area (TPSA) is 90.9 Å². The molecule has 0 radical (unpaired) electrons. The smallest absolute Gasteiger partial charge is 0.407 e. The van der Waals surface area contributed by atoms with E-state index < -0.39 is 12.2 Å². The third kappa shape index (κ3) is 35.5. The second kappa shape index (κ2) is 38.0. The van der Waals surface area contributed by atoms with Gasteiger partial charge in [0.1, 0.15) is 13.2 Å². The molecule has 0 aliphatic rings. The molecule has 0 aromatic heterocycles. The molecule has 0 aromatic carbocycles. The Labute approximate surface area is 297 Å². The number of unbranched alkanes of at least 4 members (excludes halogenated alkanes) is 26. The van der Waals surface area contributed by atoms with E-state index in [-0.39, 0.29) is 25.2 Å². The van der Waals surface area contributed by atoms with E-state index in [0.29, 0.717) is 19.4 Å². The lowest BCUT2D eigenvalue weighted by Crippen LogP contribution is -2.33. The summed E-state index contributed by atoms with van der Waals surface area (Å²) in [6.45, 7) is 6.77. The van der Waals surface area contributed by atoms with Gasteiger partial charge in [0.25, 0.3) is 0 Å². The second-order valence-electron chi connectivity index (χ2n) is 14.0. The van der Waals surface area contributed by atoms with Crippen LogP contribution in [0.4, 0.5) is 4.79 Å². The predicted octanol–water partition coefficient (Wildman–Crippen LogP) is 12.3. The molecule has 0 bridgehead atoms. The summed E-state index contributed by atoms with van der Waals surface area (Å²) >= 11 is 0. The fourth-order valence-corrected chi connectivity index (χ4v) is 5.99. The Hall–Kier alpha value is -1.79. The Balaban J connectivity index is 4.03. The molecule has 1 N–H and O–H groups in total. The van der Waals surface area contributed by atoms with Gasteiger partial charge in [-0.2, -0.15) is 0 Å². The highest BCUT2D eigenvalue weighted by Crippen LogP contribution is 2.15. The predicted molar refractivity (Wildman–Crippen MR) is 200 cm³/mol. The van der Waals surface area contributed by atoms with Crippen molar-refractivity contribution in [2.45, 2.75) is 226 Å². The van der Waals surface area contributed by atoms with Crippen LogP contribution in [0, 0.1) is 0 Å². The van der Waals surface area contributed by atoms with E-state index in [0.717, 1.165) is 44.9 Å². The largest absolute Gasteiger partial charge is 0.462 e. The first-order valence-corrected chi connectivity index (χ1v) is 20.8. The number of rotatable bonds is 37. The number of carbonyl (C=O) groups is 3. The molecular weight excluding hydrogens is 602 g/mol. The number of hydrogen-bond donors (Lipinski definition) is 1. The van der Waals surface area contributed by atoms with Gasteiger partial charge in [-0.3, -0.25) is 9.59 Å². The minimum atomic E-state index is -0.795. The summed E-state index contributed by atoms with van der Waals surface area (Å²) < 4.78 is 16.2. The molecule has 0 aromatic rings. The molecule has 0 aliphatic heterocycles. The monoisotopic (exact) mass is 682 g/mol. The van der Waals surface area contributed by atoms with Crippen molar-refractivity contribution in [3.05, 3.63) is 0 Å². The molecule has 48 heavy (non-hydrogen) atoms. The van der Waals surface area contributed by atoms with E-state index >= 15 is 0 Å². The minimum Gasteiger partial charge on any atom is -0.462 e. The quantitative estimate of drug-likeness (QED) is 0.0399. The summed E-state index contributed by atoms with van der Waals surface area (Å²) in [5.74, 6) is -0.628. The van der Waals surface area contributed by atoms with Crippen LogP contribution in [0.15, 0.2) is 0 Å². The molecule has 284 valence electrons. The average molecular weight is 682 g/mol. The number of esters is 2. The number of amides is 1. The van der Waals surface area contributed by atoms with Gasteiger partial charge >= 0.3 is 18.0 Å². The highest BCUT2D eigenvalue weighted by Gasteiger charge is 2.19. The fourth-order valence-electron chi connectivity index (χ4n) is 5.99. The normalized spacial score (nSPS) is 11.7. The maximum atomic E-state index is 12.5. The zero-order chi connectivity index (χ0) is 35.2. The Morgan fingerprint density at radius 1 is 0.417 bits per heavy atom. The Bertz CT molecular complexity index is 715. The van der Waals surface area contributed by atoms with Crippen LogP contribution in [-0.4, -0.2) is 43.9 Å². The molecule has 0 rings (SSSR count). The van der Waals surface area contributed by atoms with E-state index in [1.54, 1.807) is 0 Å². The molecule has 0 spiro atoms. The molecule has 0 aliphatic carbocycles. The number of ether oxygens (including phenoxy) is 3. The first-order chi connectivity index (χ1) is 23.5. The van der Waals surface area contributed by atoms with Crippen molar-refractivity contribution >= 4 is 18.0 Å². The van der Waals surface area contributed by atoms with Crippen molar-refractivity contribution in [2.75, 3.05) is 19.8 Å². The van der Waals surface area contributed by atoms with Crippen molar-refractivity contribution in [2.24, 2.45) is 0 Å². The molecule has 0 saturated heterocycles. The van der Waals surface area contributed by atoms with Crippen LogP contribution in [-0.2, 0) is 23.8 Å². The summed E-state index contributed by atoms with van der Waals surface area (Å²) in [4.78, 5) is 36.8. The molecule has 7 nitrogen and oxygen atoms in total. The van der Waals surface area contributed by atoms with Gasteiger partial charge in [0, 0.05) is 19.4 Å². The lowest BCUT2D eigenvalue weighted by molar-refractivity contribution is -0.161. The van der Waals surface area contributed by atoms with Gasteiger partial charge in [-0.15, -0.1) is 0 Å². The molecule has 0 saturated carbocycles. The molecule has 1 amide bonds. The van der Waals surface area contributed by atoms with Gasteiger partial charge in [-0.1, -0.05) is 188 Å². The Kier molecular flexibility index (Phi) is 36.6. The van der Waals surface area contributed by atoms with Gasteiger partial charge in [0.2, 0.25) is 0 Å². The van der Waals surface area contributed by atoms with Crippen molar-refractivity contribution in [1.82, 2.24) is 5.32 Å². The van der Waals surface area contributed by atoms with Crippen molar-refractivity contribution in [3.63, 3.8) is 0 Å². The van der Waals surface area contributed by atoms with Crippen LogP contribution < -0.4 is 5.32 Å². The van der Waals surface area contributed by atoms with Crippen LogP contribution in [0.3, 0.4) is 0 Å². The van der Waals surface area contributed by atoms with Gasteiger partial charge in [-0.05, 0) is 19.3 Å². The minimum absolute atomic E-state index is 0.0943. The number of nitrogens with one attached hydrogen (secondary N) is 1. The van der Waals surface area contributed by atoms with Gasteiger partial charge in [-0.25, -0.2) is 4.79 Å². The second-order valence-corrected chi connectivity index (χ2v) is 14.0. The SMILES string of the molecule is CCCCCCCCCCCCCCCCC(=O)OCC(COC(=O)NCCC)OC(=O)CCCCCCCCCCCCCCCC. The van der Waals surface area contributed by atoms with E-state index in [9.17, 15) is 14.4 Å². The number of carbonyl (C=O) groups excluding carboxylic acids is 3. The molecule has 0 fully saturated rings. The fraction of sp³-hybridized carbons (Fsp3) is 0.927. The highest BCUT2D eigenvalue weighted by atomic mass is 16.6. The Morgan fingerprint density at radius 3 is 1.12 bits per heavy atom. The zero-order valence-electron chi connectivity index (χ0n) is 32.1. The summed E-state index contributed by atoms with van der Waals surface area (Å²) in [5, 5.41) is 2.65. The first-order valence-electron chi connectivity index (χ1n) is 20.8. The summed E-state index contributed by atoms with van der Waals surface area (Å²) in [6.07, 6.45) is 35.5. The summed E-state index contributed by atoms with van der Waals surface area (Å²) in [6, 6.07) is 0. The van der Waals surface area contributed by atoms with Crippen LogP contribution >= 0.6 is 0 Å². The third-order valence-corrected chi connectivity index (χ3v) is 9.12. The van der Waals surface area contributed by atoms with E-state index in [4.69, 9.17) is 14.2 Å². The van der Waals surface area contributed by atoms with Crippen molar-refractivity contribution in [3.8, 4) is 0 Å². The third-order valence-electron chi connectivity index (χ3n) is 9.12. The molecular formula is C41H79NO6. The van der Waals surface area contributed by atoms with Crippen molar-refractivity contribution < 1.29 is 28.6 Å². The van der Waals surface area contributed by atoms with Gasteiger partial charge < -0.3 is 19.5 Å².